The summed E-state index contributed by atoms with van der Waals surface area (Å²) in [7, 11) is 3.30. The van der Waals surface area contributed by atoms with Gasteiger partial charge in [-0.1, -0.05) is 33.8 Å². The Bertz CT molecular complexity index is 909. The first kappa shape index (κ1) is 33.8. The quantitative estimate of drug-likeness (QED) is 0.202. The number of carbonyl (C=O) groups is 2. The van der Waals surface area contributed by atoms with Crippen LogP contribution in [0.5, 0.6) is 11.5 Å². The molecule has 2 rings (SSSR count). The average Bonchev–Trinajstić information content (AvgIpc) is 2.92. The van der Waals surface area contributed by atoms with Crippen molar-refractivity contribution in [3.8, 4) is 11.5 Å². The Hall–Kier alpha value is -2.36. The number of rotatable bonds is 18. The summed E-state index contributed by atoms with van der Waals surface area (Å²) in [6.07, 6.45) is 3.37. The molecule has 1 fully saturated rings. The molecule has 0 aliphatic carbocycles. The van der Waals surface area contributed by atoms with Crippen LogP contribution >= 0.6 is 0 Å². The summed E-state index contributed by atoms with van der Waals surface area (Å²) < 4.78 is 16.5. The van der Waals surface area contributed by atoms with Crippen LogP contribution in [0.3, 0.4) is 0 Å². The minimum atomic E-state index is -0.812. The Morgan fingerprint density at radius 1 is 1.12 bits per heavy atom. The first-order chi connectivity index (χ1) is 19.1. The van der Waals surface area contributed by atoms with E-state index >= 15 is 0 Å². The lowest BCUT2D eigenvalue weighted by molar-refractivity contribution is -0.129. The summed E-state index contributed by atoms with van der Waals surface area (Å²) >= 11 is 0. The van der Waals surface area contributed by atoms with Gasteiger partial charge in [-0.2, -0.15) is 0 Å². The van der Waals surface area contributed by atoms with Crippen molar-refractivity contribution >= 4 is 11.8 Å². The maximum atomic E-state index is 13.0. The molecule has 0 unspecified atom stereocenters. The van der Waals surface area contributed by atoms with Crippen molar-refractivity contribution in [3.63, 3.8) is 0 Å². The predicted molar refractivity (Wildman–Crippen MR) is 157 cm³/mol. The van der Waals surface area contributed by atoms with Gasteiger partial charge in [0.1, 0.15) is 0 Å². The number of aliphatic hydroxyl groups excluding tert-OH is 1. The second-order valence-electron chi connectivity index (χ2n) is 11.8. The number of benzene rings is 1. The fraction of sp³-hybridized carbons (Fsp3) is 0.742. The SMILES string of the molecule is COCCCOc1cc(C[C@@H](C[C@H](N)[C@@H](O)C[C@H](C(=O)NC[C@H]2CCCNC2=O)C(C)C)C(C)C)ccc1OC. The first-order valence-corrected chi connectivity index (χ1v) is 14.8. The molecule has 40 heavy (non-hydrogen) atoms. The molecule has 2 amide bonds. The third kappa shape index (κ3) is 10.9. The van der Waals surface area contributed by atoms with Crippen molar-refractivity contribution in [2.24, 2.45) is 35.3 Å². The van der Waals surface area contributed by atoms with Crippen LogP contribution in [0, 0.1) is 29.6 Å². The molecular formula is C31H53N3O6. The summed E-state index contributed by atoms with van der Waals surface area (Å²) in [6, 6.07) is 5.53. The Morgan fingerprint density at radius 3 is 2.50 bits per heavy atom. The number of ether oxygens (including phenoxy) is 3. The van der Waals surface area contributed by atoms with Gasteiger partial charge in [0.25, 0.3) is 0 Å². The Labute approximate surface area is 240 Å². The van der Waals surface area contributed by atoms with Crippen molar-refractivity contribution in [1.82, 2.24) is 10.6 Å². The topological polar surface area (TPSA) is 132 Å². The molecule has 9 heteroatoms. The summed E-state index contributed by atoms with van der Waals surface area (Å²) in [4.78, 5) is 25.1. The van der Waals surface area contributed by atoms with Gasteiger partial charge in [-0.05, 0) is 67.6 Å². The largest absolute Gasteiger partial charge is 0.493 e. The van der Waals surface area contributed by atoms with Crippen LogP contribution in [0.2, 0.25) is 0 Å². The van der Waals surface area contributed by atoms with Crippen molar-refractivity contribution in [2.75, 3.05) is 40.5 Å². The highest BCUT2D eigenvalue weighted by Crippen LogP contribution is 2.32. The lowest BCUT2D eigenvalue weighted by Crippen LogP contribution is -2.46. The lowest BCUT2D eigenvalue weighted by atomic mass is 9.80. The molecule has 1 saturated heterocycles. The molecule has 5 N–H and O–H groups in total. The van der Waals surface area contributed by atoms with Crippen LogP contribution in [0.25, 0.3) is 0 Å². The maximum absolute atomic E-state index is 13.0. The fourth-order valence-electron chi connectivity index (χ4n) is 5.25. The van der Waals surface area contributed by atoms with E-state index < -0.39 is 12.1 Å². The van der Waals surface area contributed by atoms with Crippen molar-refractivity contribution in [2.45, 2.75) is 78.4 Å². The van der Waals surface area contributed by atoms with Crippen LogP contribution in [0.4, 0.5) is 0 Å². The number of amides is 2. The minimum absolute atomic E-state index is 0.00364. The second-order valence-corrected chi connectivity index (χ2v) is 11.8. The Morgan fingerprint density at radius 2 is 1.88 bits per heavy atom. The monoisotopic (exact) mass is 563 g/mol. The summed E-state index contributed by atoms with van der Waals surface area (Å²) in [6.45, 7) is 10.5. The van der Waals surface area contributed by atoms with Crippen LogP contribution in [0.1, 0.15) is 65.4 Å². The van der Waals surface area contributed by atoms with E-state index in [1.807, 2.05) is 32.0 Å². The number of aliphatic hydroxyl groups is 1. The smallest absolute Gasteiger partial charge is 0.224 e. The molecule has 1 aromatic carbocycles. The van der Waals surface area contributed by atoms with Gasteiger partial charge < -0.3 is 35.7 Å². The van der Waals surface area contributed by atoms with Gasteiger partial charge in [0.15, 0.2) is 11.5 Å². The Balaban J connectivity index is 1.98. The number of piperidine rings is 1. The number of nitrogens with two attached hydrogens (primary N) is 1. The molecular weight excluding hydrogens is 510 g/mol. The van der Waals surface area contributed by atoms with Gasteiger partial charge in [-0.15, -0.1) is 0 Å². The van der Waals surface area contributed by atoms with Crippen molar-refractivity contribution in [1.29, 1.82) is 0 Å². The average molecular weight is 564 g/mol. The summed E-state index contributed by atoms with van der Waals surface area (Å²) in [5.74, 6) is 1.30. The van der Waals surface area contributed by atoms with E-state index in [4.69, 9.17) is 19.9 Å². The third-order valence-electron chi connectivity index (χ3n) is 8.05. The van der Waals surface area contributed by atoms with E-state index in [1.54, 1.807) is 14.2 Å². The van der Waals surface area contributed by atoms with E-state index in [2.05, 4.69) is 24.5 Å². The van der Waals surface area contributed by atoms with Gasteiger partial charge in [-0.25, -0.2) is 0 Å². The molecule has 5 atom stereocenters. The highest BCUT2D eigenvalue weighted by atomic mass is 16.5. The molecule has 1 aliphatic rings. The summed E-state index contributed by atoms with van der Waals surface area (Å²) in [5, 5.41) is 16.9. The highest BCUT2D eigenvalue weighted by molar-refractivity contribution is 5.82. The molecule has 0 aromatic heterocycles. The van der Waals surface area contributed by atoms with Gasteiger partial charge in [0, 0.05) is 45.2 Å². The standard InChI is InChI=1S/C31H53N3O6/c1-20(2)24(15-22-10-11-28(39-6)29(16-22)40-14-8-13-38-5)17-26(32)27(35)18-25(21(3)4)31(37)34-19-23-9-7-12-33-30(23)36/h10-11,16,20-21,23-27,35H,7-9,12-15,17-19,32H2,1-6H3,(H,33,36)(H,34,37)/t23-,24+,25+,26+,27+/m1/s1. The normalized spacial score (nSPS) is 18.6. The molecule has 0 radical (unpaired) electrons. The Kier molecular flexibility index (Phi) is 14.8. The zero-order valence-electron chi connectivity index (χ0n) is 25.4. The van der Waals surface area contributed by atoms with Gasteiger partial charge in [0.05, 0.1) is 25.7 Å². The molecule has 1 heterocycles. The summed E-state index contributed by atoms with van der Waals surface area (Å²) in [5.41, 5.74) is 7.67. The van der Waals surface area contributed by atoms with Crippen LogP contribution in [-0.2, 0) is 20.7 Å². The van der Waals surface area contributed by atoms with E-state index in [0.717, 1.165) is 31.2 Å². The molecule has 228 valence electrons. The number of hydrogen-bond acceptors (Lipinski definition) is 7. The zero-order valence-corrected chi connectivity index (χ0v) is 25.4. The van der Waals surface area contributed by atoms with E-state index in [9.17, 15) is 14.7 Å². The van der Waals surface area contributed by atoms with Crippen LogP contribution < -0.4 is 25.8 Å². The number of methoxy groups -OCH3 is 2. The molecule has 9 nitrogen and oxygen atoms in total. The minimum Gasteiger partial charge on any atom is -0.493 e. The molecule has 0 bridgehead atoms. The zero-order chi connectivity index (χ0) is 29.7. The molecule has 1 aromatic rings. The van der Waals surface area contributed by atoms with Crippen molar-refractivity contribution < 1.29 is 28.9 Å². The molecule has 0 saturated carbocycles. The number of carbonyl (C=O) groups excluding carboxylic acids is 2. The maximum Gasteiger partial charge on any atom is 0.224 e. The molecule has 1 aliphatic heterocycles. The van der Waals surface area contributed by atoms with Gasteiger partial charge in [-0.3, -0.25) is 9.59 Å². The lowest BCUT2D eigenvalue weighted by Gasteiger charge is -2.30. The van der Waals surface area contributed by atoms with E-state index in [1.165, 1.54) is 0 Å². The fourth-order valence-corrected chi connectivity index (χ4v) is 5.25. The van der Waals surface area contributed by atoms with Crippen molar-refractivity contribution in [3.05, 3.63) is 23.8 Å². The van der Waals surface area contributed by atoms with E-state index in [-0.39, 0.29) is 41.9 Å². The van der Waals surface area contributed by atoms with Crippen LogP contribution in [0.15, 0.2) is 18.2 Å². The first-order valence-electron chi connectivity index (χ1n) is 14.8. The highest BCUT2D eigenvalue weighted by Gasteiger charge is 2.31. The predicted octanol–water partition coefficient (Wildman–Crippen LogP) is 3.31. The van der Waals surface area contributed by atoms with E-state index in [0.29, 0.717) is 50.1 Å². The van der Waals surface area contributed by atoms with Gasteiger partial charge in [0.2, 0.25) is 11.8 Å². The second kappa shape index (κ2) is 17.5. The van der Waals surface area contributed by atoms with Gasteiger partial charge >= 0.3 is 0 Å². The number of nitrogens with one attached hydrogen (secondary N) is 2. The van der Waals surface area contributed by atoms with Crippen LogP contribution in [-0.4, -0.2) is 69.6 Å². The third-order valence-corrected chi connectivity index (χ3v) is 8.05. The number of hydrogen-bond donors (Lipinski definition) is 4. The molecule has 0 spiro atoms.